The molecule has 7 atom stereocenters. The van der Waals surface area contributed by atoms with Gasteiger partial charge in [-0.3, -0.25) is 14.3 Å². The summed E-state index contributed by atoms with van der Waals surface area (Å²) in [7, 11) is 0. The lowest BCUT2D eigenvalue weighted by Gasteiger charge is -2.27. The van der Waals surface area contributed by atoms with Crippen molar-refractivity contribution in [2.75, 3.05) is 5.75 Å². The van der Waals surface area contributed by atoms with E-state index in [0.717, 1.165) is 50.5 Å². The number of aromatic nitrogens is 3. The number of carbonyl (C=O) groups excluding carboxylic acids is 1. The molecule has 1 fully saturated rings. The zero-order chi connectivity index (χ0) is 41.2. The van der Waals surface area contributed by atoms with Gasteiger partial charge >= 0.3 is 11.9 Å². The number of benzene rings is 1. The topological polar surface area (TPSA) is 219 Å². The lowest BCUT2D eigenvalue weighted by atomic mass is 9.77. The number of allylic oxidation sites excluding steroid dienone is 2. The van der Waals surface area contributed by atoms with Gasteiger partial charge in [-0.1, -0.05) is 94.0 Å². The minimum Gasteiger partial charge on any atom is -0.481 e. The van der Waals surface area contributed by atoms with Gasteiger partial charge in [0.05, 0.1) is 30.9 Å². The first-order valence-corrected chi connectivity index (χ1v) is 19.9. The van der Waals surface area contributed by atoms with Gasteiger partial charge in [-0.05, 0) is 55.7 Å². The highest BCUT2D eigenvalue weighted by atomic mass is 35.5. The van der Waals surface area contributed by atoms with E-state index in [-0.39, 0.29) is 29.9 Å². The minimum absolute atomic E-state index is 0.0650. The molecule has 55 heavy (non-hydrogen) atoms. The summed E-state index contributed by atoms with van der Waals surface area (Å²) >= 11 is 9.68. The molecule has 1 aromatic heterocycles. The standard InChI is InChI=1S/C20H34O5.C15H17ClN4.C5H9NO3S/c1-2-3-6-9-15(21)12-13-17-16(18(22)14-19(17)23)10-7-4-5-8-11-20(24)25;1-2-3-8-15(9-17,10-20-12-18-11-19-20)13-4-6-14(16)7-5-13;1-3(7)6-4(2-10)5(8)9/h4,7,12-13,15-19,21-23H,2-3,5-6,8-11,14H2,1H3,(H,24,25);4-7,11-12H,2-3,8,10H2,1H3;4,10H,2H2,1H3,(H,6,7)(H,8,9)/b7-4-,13-12+;;/t15-,16+,17+,18-,19+;;4-/m0.0/s1. The first-order chi connectivity index (χ1) is 26.2. The number of amides is 1. The van der Waals surface area contributed by atoms with Crippen LogP contribution in [-0.2, 0) is 26.3 Å². The number of aliphatic hydroxyl groups is 3. The Labute approximate surface area is 335 Å². The zero-order valence-electron chi connectivity index (χ0n) is 32.2. The summed E-state index contributed by atoms with van der Waals surface area (Å²) in [6.07, 6.45) is 18.3. The van der Waals surface area contributed by atoms with E-state index >= 15 is 0 Å². The van der Waals surface area contributed by atoms with Gasteiger partial charge in [-0.25, -0.2) is 9.78 Å². The van der Waals surface area contributed by atoms with Gasteiger partial charge in [0, 0.05) is 36.5 Å². The lowest BCUT2D eigenvalue weighted by Crippen LogP contribution is -2.40. The Morgan fingerprint density at radius 2 is 1.78 bits per heavy atom. The third-order valence-electron chi connectivity index (χ3n) is 9.24. The number of carboxylic acids is 2. The van der Waals surface area contributed by atoms with Crippen LogP contribution >= 0.6 is 24.2 Å². The second kappa shape index (κ2) is 27.8. The maximum atomic E-state index is 10.5. The molecule has 1 amide bonds. The molecule has 1 aliphatic carbocycles. The van der Waals surface area contributed by atoms with E-state index in [2.05, 4.69) is 47.9 Å². The third-order valence-corrected chi connectivity index (χ3v) is 9.85. The van der Waals surface area contributed by atoms with Gasteiger partial charge in [-0.2, -0.15) is 23.0 Å². The number of halogens is 1. The molecule has 3 rings (SSSR count). The second-order valence-corrected chi connectivity index (χ2v) is 14.5. The Bertz CT molecular complexity index is 1490. The van der Waals surface area contributed by atoms with E-state index in [1.165, 1.54) is 13.3 Å². The van der Waals surface area contributed by atoms with Crippen molar-refractivity contribution >= 4 is 42.1 Å². The summed E-state index contributed by atoms with van der Waals surface area (Å²) in [5.74, 6) is -2.32. The van der Waals surface area contributed by atoms with Crippen molar-refractivity contribution in [1.29, 1.82) is 5.26 Å². The van der Waals surface area contributed by atoms with Crippen LogP contribution in [0.1, 0.15) is 103 Å². The highest BCUT2D eigenvalue weighted by molar-refractivity contribution is 7.80. The molecule has 13 nitrogen and oxygen atoms in total. The SMILES string of the molecule is CC(=O)N[C@@H](CS)C(=O)O.CCCCC(C#N)(Cn1cncn1)c1ccc(Cl)cc1.CCCCC[C@H](O)/C=C/[C@@H]1[C@@H](C/C=C\CCCC(=O)O)[C@@H](O)C[C@H]1O. The fourth-order valence-corrected chi connectivity index (χ4v) is 6.52. The summed E-state index contributed by atoms with van der Waals surface area (Å²) in [4.78, 5) is 34.9. The van der Waals surface area contributed by atoms with Crippen LogP contribution in [0.15, 0.2) is 61.2 Å². The van der Waals surface area contributed by atoms with Crippen LogP contribution in [0.4, 0.5) is 0 Å². The maximum absolute atomic E-state index is 10.5. The molecule has 1 saturated carbocycles. The third kappa shape index (κ3) is 19.6. The molecule has 1 aromatic carbocycles. The summed E-state index contributed by atoms with van der Waals surface area (Å²) in [6.45, 7) is 6.02. The van der Waals surface area contributed by atoms with E-state index in [0.29, 0.717) is 37.3 Å². The number of carbonyl (C=O) groups is 3. The molecular formula is C40H60ClN5O8S. The number of aliphatic hydroxyl groups excluding tert-OH is 3. The van der Waals surface area contributed by atoms with Crippen LogP contribution < -0.4 is 5.32 Å². The Hall–Kier alpha value is -3.74. The van der Waals surface area contributed by atoms with Crippen molar-refractivity contribution < 1.29 is 39.9 Å². The predicted molar refractivity (Wildman–Crippen MR) is 216 cm³/mol. The maximum Gasteiger partial charge on any atom is 0.327 e. The molecule has 15 heteroatoms. The molecule has 0 spiro atoms. The monoisotopic (exact) mass is 805 g/mol. The molecule has 0 bridgehead atoms. The molecular weight excluding hydrogens is 746 g/mol. The van der Waals surface area contributed by atoms with Crippen molar-refractivity contribution in [3.8, 4) is 6.07 Å². The minimum atomic E-state index is -1.06. The van der Waals surface area contributed by atoms with Gasteiger partial charge in [0.25, 0.3) is 0 Å². The van der Waals surface area contributed by atoms with Gasteiger partial charge in [0.15, 0.2) is 0 Å². The molecule has 1 unspecified atom stereocenters. The quantitative estimate of drug-likeness (QED) is 0.0432. The Morgan fingerprint density at radius 1 is 1.09 bits per heavy atom. The number of nitrogens with one attached hydrogen (secondary N) is 1. The van der Waals surface area contributed by atoms with Crippen LogP contribution in [-0.4, -0.2) is 88.2 Å². The van der Waals surface area contributed by atoms with Crippen molar-refractivity contribution in [2.45, 2.75) is 134 Å². The fraction of sp³-hybridized carbons (Fsp3) is 0.600. The normalized spacial score (nSPS) is 20.0. The van der Waals surface area contributed by atoms with E-state index in [1.807, 2.05) is 42.5 Å². The average molecular weight is 806 g/mol. The van der Waals surface area contributed by atoms with E-state index in [9.17, 15) is 35.0 Å². The number of nitriles is 1. The lowest BCUT2D eigenvalue weighted by molar-refractivity contribution is -0.140. The number of hydrogen-bond acceptors (Lipinski definition) is 10. The van der Waals surface area contributed by atoms with Gasteiger partial charge in [0.2, 0.25) is 5.91 Å². The van der Waals surface area contributed by atoms with Crippen LogP contribution in [0.3, 0.4) is 0 Å². The first kappa shape index (κ1) is 49.3. The van der Waals surface area contributed by atoms with Crippen LogP contribution in [0.5, 0.6) is 0 Å². The number of rotatable bonds is 21. The number of unbranched alkanes of at least 4 members (excludes halogenated alkanes) is 4. The molecule has 0 radical (unpaired) electrons. The van der Waals surface area contributed by atoms with Gasteiger partial charge in [-0.15, -0.1) is 0 Å². The van der Waals surface area contributed by atoms with E-state index in [4.69, 9.17) is 21.8 Å². The highest BCUT2D eigenvalue weighted by Crippen LogP contribution is 2.36. The second-order valence-electron chi connectivity index (χ2n) is 13.7. The van der Waals surface area contributed by atoms with Gasteiger partial charge < -0.3 is 30.8 Å². The number of nitrogens with zero attached hydrogens (tertiary/aromatic N) is 4. The first-order valence-electron chi connectivity index (χ1n) is 18.9. The Balaban J connectivity index is 0.000000449. The summed E-state index contributed by atoms with van der Waals surface area (Å²) in [5, 5.41) is 64.1. The molecule has 6 N–H and O–H groups in total. The Morgan fingerprint density at radius 3 is 2.31 bits per heavy atom. The number of thiol groups is 1. The van der Waals surface area contributed by atoms with E-state index in [1.54, 1.807) is 17.1 Å². The predicted octanol–water partition coefficient (Wildman–Crippen LogP) is 6.13. The number of hydrogen-bond donors (Lipinski definition) is 7. The van der Waals surface area contributed by atoms with Crippen LogP contribution in [0.25, 0.3) is 0 Å². The highest BCUT2D eigenvalue weighted by Gasteiger charge is 2.39. The number of carboxylic acid groups (broad SMARTS) is 2. The molecule has 1 aliphatic rings. The molecule has 1 heterocycles. The largest absolute Gasteiger partial charge is 0.481 e. The summed E-state index contributed by atoms with van der Waals surface area (Å²) in [6, 6.07) is 9.14. The summed E-state index contributed by atoms with van der Waals surface area (Å²) < 4.78 is 1.72. The van der Waals surface area contributed by atoms with Crippen molar-refractivity contribution in [2.24, 2.45) is 11.8 Å². The Kier molecular flexibility index (Phi) is 24.9. The van der Waals surface area contributed by atoms with E-state index < -0.39 is 41.7 Å². The number of aliphatic carboxylic acids is 2. The zero-order valence-corrected chi connectivity index (χ0v) is 33.9. The van der Waals surface area contributed by atoms with Crippen molar-refractivity contribution in [1.82, 2.24) is 20.1 Å². The van der Waals surface area contributed by atoms with Crippen LogP contribution in [0, 0.1) is 23.2 Å². The van der Waals surface area contributed by atoms with Crippen molar-refractivity contribution in [3.05, 3.63) is 71.8 Å². The average Bonchev–Trinajstić information content (AvgIpc) is 3.76. The summed E-state index contributed by atoms with van der Waals surface area (Å²) in [5.41, 5.74) is 0.391. The molecule has 0 saturated heterocycles. The molecule has 306 valence electrons. The smallest absolute Gasteiger partial charge is 0.327 e. The molecule has 0 aliphatic heterocycles. The van der Waals surface area contributed by atoms with Crippen LogP contribution in [0.2, 0.25) is 5.02 Å². The fourth-order valence-electron chi connectivity index (χ4n) is 6.14. The molecule has 2 aromatic rings. The van der Waals surface area contributed by atoms with Gasteiger partial charge in [0.1, 0.15) is 24.1 Å². The van der Waals surface area contributed by atoms with Crippen molar-refractivity contribution in [3.63, 3.8) is 0 Å².